The van der Waals surface area contributed by atoms with Crippen molar-refractivity contribution in [3.63, 3.8) is 0 Å². The van der Waals surface area contributed by atoms with Crippen LogP contribution in [-0.2, 0) is 0 Å². The molecule has 0 saturated heterocycles. The van der Waals surface area contributed by atoms with Gasteiger partial charge in [0.15, 0.2) is 5.11 Å². The number of hydrogen-bond donors (Lipinski definition) is 2. The van der Waals surface area contributed by atoms with Crippen molar-refractivity contribution in [1.82, 2.24) is 10.7 Å². The number of non-ortho nitro benzene ring substituents is 1. The average Bonchev–Trinajstić information content (AvgIpc) is 2.31. The fourth-order valence-electron chi connectivity index (χ4n) is 1.11. The molecular weight excluding hydrogens is 256 g/mol. The van der Waals surface area contributed by atoms with E-state index in [9.17, 15) is 15.2 Å². The first-order valence-electron chi connectivity index (χ1n) is 5.07. The second-order valence-corrected chi connectivity index (χ2v) is 3.62. The summed E-state index contributed by atoms with van der Waals surface area (Å²) in [5, 5.41) is 28.8. The van der Waals surface area contributed by atoms with Gasteiger partial charge in [0, 0.05) is 18.7 Å². The zero-order valence-electron chi connectivity index (χ0n) is 9.54. The maximum absolute atomic E-state index is 11.4. The molecule has 7 nitrogen and oxygen atoms in total. The van der Waals surface area contributed by atoms with Crippen LogP contribution in [0, 0.1) is 10.1 Å². The molecule has 0 aromatic heterocycles. The van der Waals surface area contributed by atoms with Crippen LogP contribution in [0.3, 0.4) is 0 Å². The molecule has 0 aliphatic carbocycles. The molecule has 1 aromatic rings. The number of hydrazone groups is 1. The van der Waals surface area contributed by atoms with Crippen LogP contribution >= 0.6 is 12.2 Å². The lowest BCUT2D eigenvalue weighted by Gasteiger charge is -2.09. The minimum Gasteiger partial charge on any atom is -0.872 e. The first-order chi connectivity index (χ1) is 8.54. The molecule has 1 aromatic carbocycles. The molecular formula is C10H11N4O3S-. The van der Waals surface area contributed by atoms with E-state index in [1.54, 1.807) is 0 Å². The number of nitro groups is 1. The van der Waals surface area contributed by atoms with Crippen LogP contribution < -0.4 is 15.8 Å². The van der Waals surface area contributed by atoms with Crippen LogP contribution in [0.25, 0.3) is 0 Å². The van der Waals surface area contributed by atoms with Crippen molar-refractivity contribution in [1.29, 1.82) is 0 Å². The van der Waals surface area contributed by atoms with Gasteiger partial charge in [-0.25, -0.2) is 0 Å². The van der Waals surface area contributed by atoms with E-state index in [4.69, 9.17) is 12.2 Å². The second-order valence-electron chi connectivity index (χ2n) is 3.21. The van der Waals surface area contributed by atoms with Crippen molar-refractivity contribution in [3.8, 4) is 5.75 Å². The Morgan fingerprint density at radius 1 is 1.61 bits per heavy atom. The van der Waals surface area contributed by atoms with Crippen LogP contribution in [0.4, 0.5) is 5.69 Å². The Labute approximate surface area is 109 Å². The third-order valence-electron chi connectivity index (χ3n) is 1.91. The summed E-state index contributed by atoms with van der Waals surface area (Å²) in [6.07, 6.45) is 1.19. The topological polar surface area (TPSA) is 103 Å². The summed E-state index contributed by atoms with van der Waals surface area (Å²) < 4.78 is 0. The van der Waals surface area contributed by atoms with Crippen LogP contribution in [0.2, 0.25) is 0 Å². The Bertz CT molecular complexity index is 490. The number of thiocarbonyl (C=S) groups is 1. The molecule has 0 radical (unpaired) electrons. The normalized spacial score (nSPS) is 10.3. The van der Waals surface area contributed by atoms with E-state index in [1.807, 2.05) is 6.92 Å². The molecule has 0 fully saturated rings. The highest BCUT2D eigenvalue weighted by Gasteiger charge is 2.05. The van der Waals surface area contributed by atoms with Gasteiger partial charge in [-0.15, -0.1) is 0 Å². The lowest BCUT2D eigenvalue weighted by molar-refractivity contribution is -0.385. The smallest absolute Gasteiger partial charge is 0.270 e. The Morgan fingerprint density at radius 3 is 2.94 bits per heavy atom. The lowest BCUT2D eigenvalue weighted by atomic mass is 10.2. The third-order valence-corrected chi connectivity index (χ3v) is 2.15. The summed E-state index contributed by atoms with van der Waals surface area (Å²) in [6.45, 7) is 2.51. The van der Waals surface area contributed by atoms with Gasteiger partial charge in [-0.3, -0.25) is 15.5 Å². The van der Waals surface area contributed by atoms with Gasteiger partial charge in [-0.1, -0.05) is 11.8 Å². The van der Waals surface area contributed by atoms with Crippen LogP contribution in [0.1, 0.15) is 12.5 Å². The van der Waals surface area contributed by atoms with Crippen molar-refractivity contribution in [2.75, 3.05) is 6.54 Å². The lowest BCUT2D eigenvalue weighted by Crippen LogP contribution is -2.31. The van der Waals surface area contributed by atoms with Gasteiger partial charge >= 0.3 is 0 Å². The first-order valence-corrected chi connectivity index (χ1v) is 5.47. The number of rotatable bonds is 4. The number of hydrogen-bond acceptors (Lipinski definition) is 5. The van der Waals surface area contributed by atoms with E-state index in [2.05, 4.69) is 15.8 Å². The molecule has 0 aliphatic rings. The predicted molar refractivity (Wildman–Crippen MR) is 69.5 cm³/mol. The highest BCUT2D eigenvalue weighted by molar-refractivity contribution is 7.80. The quantitative estimate of drug-likeness (QED) is 0.356. The second kappa shape index (κ2) is 6.50. The minimum absolute atomic E-state index is 0.121. The summed E-state index contributed by atoms with van der Waals surface area (Å²) >= 11 is 4.85. The SMILES string of the molecule is CCNC(=S)N/N=C\c1cc([N+](=O)[O-])ccc1[O-]. The van der Waals surface area contributed by atoms with Crippen molar-refractivity contribution in [3.05, 3.63) is 33.9 Å². The fraction of sp³-hybridized carbons (Fsp3) is 0.200. The Kier molecular flexibility index (Phi) is 5.00. The summed E-state index contributed by atoms with van der Waals surface area (Å²) in [5.74, 6) is -0.347. The molecule has 0 heterocycles. The van der Waals surface area contributed by atoms with Gasteiger partial charge in [0.1, 0.15) is 0 Å². The fourth-order valence-corrected chi connectivity index (χ4v) is 1.31. The Hall–Kier alpha value is -2.22. The van der Waals surface area contributed by atoms with Crippen molar-refractivity contribution in [2.24, 2.45) is 5.10 Å². The molecule has 96 valence electrons. The first kappa shape index (κ1) is 13.8. The Balaban J connectivity index is 2.77. The third kappa shape index (κ3) is 3.98. The van der Waals surface area contributed by atoms with Gasteiger partial charge in [0.2, 0.25) is 0 Å². The zero-order valence-corrected chi connectivity index (χ0v) is 10.4. The number of nitrogens with one attached hydrogen (secondary N) is 2. The molecule has 1 rings (SSSR count). The molecule has 2 N–H and O–H groups in total. The summed E-state index contributed by atoms with van der Waals surface area (Å²) in [5.41, 5.74) is 2.45. The van der Waals surface area contributed by atoms with Crippen molar-refractivity contribution >= 4 is 29.2 Å². The van der Waals surface area contributed by atoms with Gasteiger partial charge in [0.05, 0.1) is 11.1 Å². The molecule has 8 heteroatoms. The Morgan fingerprint density at radius 2 is 2.33 bits per heavy atom. The van der Waals surface area contributed by atoms with E-state index in [-0.39, 0.29) is 17.0 Å². The van der Waals surface area contributed by atoms with E-state index < -0.39 is 4.92 Å². The van der Waals surface area contributed by atoms with Gasteiger partial charge in [-0.05, 0) is 24.7 Å². The van der Waals surface area contributed by atoms with Crippen LogP contribution in [0.5, 0.6) is 5.75 Å². The molecule has 0 saturated carbocycles. The van der Waals surface area contributed by atoms with E-state index in [0.717, 1.165) is 18.2 Å². The summed E-state index contributed by atoms with van der Waals surface area (Å²) in [6, 6.07) is 3.43. The monoisotopic (exact) mass is 267 g/mol. The molecule has 0 spiro atoms. The molecule has 0 unspecified atom stereocenters. The van der Waals surface area contributed by atoms with E-state index in [0.29, 0.717) is 11.7 Å². The summed E-state index contributed by atoms with van der Waals surface area (Å²) in [7, 11) is 0. The van der Waals surface area contributed by atoms with Crippen molar-refractivity contribution in [2.45, 2.75) is 6.92 Å². The van der Waals surface area contributed by atoms with Gasteiger partial charge in [-0.2, -0.15) is 5.10 Å². The van der Waals surface area contributed by atoms with E-state index >= 15 is 0 Å². The molecule has 0 bridgehead atoms. The molecule has 0 amide bonds. The van der Waals surface area contributed by atoms with Crippen LogP contribution in [0.15, 0.2) is 23.3 Å². The predicted octanol–water partition coefficient (Wildman–Crippen LogP) is 0.486. The van der Waals surface area contributed by atoms with Crippen LogP contribution in [-0.4, -0.2) is 22.8 Å². The highest BCUT2D eigenvalue weighted by Crippen LogP contribution is 2.18. The maximum atomic E-state index is 11.4. The van der Waals surface area contributed by atoms with Gasteiger partial charge in [0.25, 0.3) is 5.69 Å². The molecule has 0 aliphatic heterocycles. The number of benzene rings is 1. The zero-order chi connectivity index (χ0) is 13.5. The number of nitro benzene ring substituents is 1. The molecule has 18 heavy (non-hydrogen) atoms. The maximum Gasteiger partial charge on any atom is 0.270 e. The van der Waals surface area contributed by atoms with Crippen molar-refractivity contribution < 1.29 is 10.0 Å². The largest absolute Gasteiger partial charge is 0.872 e. The highest BCUT2D eigenvalue weighted by atomic mass is 32.1. The molecule has 0 atom stereocenters. The standard InChI is InChI=1S/C10H12N4O3S/c1-2-11-10(18)13-12-6-7-5-8(14(16)17)3-4-9(7)15/h3-6,15H,2H2,1H3,(H2,11,13,18)/p-1/b12-6-. The average molecular weight is 267 g/mol. The minimum atomic E-state index is -0.576. The van der Waals surface area contributed by atoms with Gasteiger partial charge < -0.3 is 10.4 Å². The van der Waals surface area contributed by atoms with E-state index in [1.165, 1.54) is 6.21 Å². The number of nitrogens with zero attached hydrogens (tertiary/aromatic N) is 2. The summed E-state index contributed by atoms with van der Waals surface area (Å²) in [4.78, 5) is 9.97.